The molecule has 29 heavy (non-hydrogen) atoms. The molecule has 0 saturated heterocycles. The van der Waals surface area contributed by atoms with Gasteiger partial charge in [-0.3, -0.25) is 24.2 Å². The predicted octanol–water partition coefficient (Wildman–Crippen LogP) is 3.03. The molecule has 2 amide bonds. The Morgan fingerprint density at radius 1 is 1.28 bits per heavy atom. The van der Waals surface area contributed by atoms with Crippen molar-refractivity contribution in [2.24, 2.45) is 0 Å². The first-order valence-electron chi connectivity index (χ1n) is 9.33. The van der Waals surface area contributed by atoms with E-state index in [0.717, 1.165) is 17.7 Å². The second-order valence-electron chi connectivity index (χ2n) is 7.05. The van der Waals surface area contributed by atoms with Crippen LogP contribution in [0.5, 0.6) is 0 Å². The molecule has 1 unspecified atom stereocenters. The third-order valence-corrected chi connectivity index (χ3v) is 5.57. The fourth-order valence-electron chi connectivity index (χ4n) is 3.72. The Morgan fingerprint density at radius 3 is 2.48 bits per heavy atom. The molecular weight excluding hydrogens is 400 g/mol. The van der Waals surface area contributed by atoms with Crippen LogP contribution in [0.2, 0.25) is 5.02 Å². The summed E-state index contributed by atoms with van der Waals surface area (Å²) in [5, 5.41) is 9.35. The van der Waals surface area contributed by atoms with Crippen molar-refractivity contribution < 1.29 is 29.0 Å². The first-order valence-corrected chi connectivity index (χ1v) is 9.70. The average Bonchev–Trinajstić information content (AvgIpc) is 2.66. The molecule has 1 saturated carbocycles. The van der Waals surface area contributed by atoms with Crippen molar-refractivity contribution in [1.29, 1.82) is 0 Å². The summed E-state index contributed by atoms with van der Waals surface area (Å²) in [5.74, 6) is -1.92. The van der Waals surface area contributed by atoms with Crippen LogP contribution >= 0.6 is 11.6 Å². The van der Waals surface area contributed by atoms with E-state index in [1.54, 1.807) is 24.3 Å². The van der Waals surface area contributed by atoms with E-state index in [-0.39, 0.29) is 5.78 Å². The molecule has 8 nitrogen and oxygen atoms in total. The number of benzene rings is 1. The largest absolute Gasteiger partial charge is 0.480 e. The molecule has 9 heteroatoms. The zero-order chi connectivity index (χ0) is 21.8. The first-order chi connectivity index (χ1) is 13.6. The van der Waals surface area contributed by atoms with Crippen molar-refractivity contribution in [1.82, 2.24) is 9.80 Å². The molecule has 0 heterocycles. The second-order valence-corrected chi connectivity index (χ2v) is 7.46. The Kier molecular flexibility index (Phi) is 7.24. The van der Waals surface area contributed by atoms with E-state index in [0.29, 0.717) is 23.4 Å². The highest BCUT2D eigenvalue weighted by atomic mass is 35.5. The fraction of sp³-hybridized carbons (Fsp3) is 0.500. The van der Waals surface area contributed by atoms with Gasteiger partial charge in [0.05, 0.1) is 0 Å². The molecule has 1 fully saturated rings. The number of halogens is 1. The van der Waals surface area contributed by atoms with Gasteiger partial charge in [-0.2, -0.15) is 0 Å². The van der Waals surface area contributed by atoms with Gasteiger partial charge in [0, 0.05) is 31.0 Å². The van der Waals surface area contributed by atoms with E-state index in [4.69, 9.17) is 21.4 Å². The third kappa shape index (κ3) is 4.70. The molecule has 0 aliphatic heterocycles. The van der Waals surface area contributed by atoms with Crippen molar-refractivity contribution in [2.75, 3.05) is 13.6 Å². The molecule has 2 rings (SSSR count). The molecule has 2 atom stereocenters. The lowest BCUT2D eigenvalue weighted by Crippen LogP contribution is -2.55. The maximum atomic E-state index is 13.0. The summed E-state index contributed by atoms with van der Waals surface area (Å²) in [7, 11) is 1.46. The Bertz CT molecular complexity index is 814. The molecule has 0 radical (unpaired) electrons. The Balaban J connectivity index is 2.34. The van der Waals surface area contributed by atoms with E-state index in [1.807, 2.05) is 0 Å². The minimum absolute atomic E-state index is 0.141. The van der Waals surface area contributed by atoms with Gasteiger partial charge in [-0.15, -0.1) is 0 Å². The Hall–Kier alpha value is -2.61. The van der Waals surface area contributed by atoms with E-state index >= 15 is 0 Å². The van der Waals surface area contributed by atoms with Crippen LogP contribution in [-0.4, -0.2) is 58.5 Å². The maximum Gasteiger partial charge on any atom is 0.412 e. The van der Waals surface area contributed by atoms with Crippen LogP contribution in [0.25, 0.3) is 0 Å². The predicted molar refractivity (Wildman–Crippen MR) is 105 cm³/mol. The van der Waals surface area contributed by atoms with Crippen LogP contribution in [0.4, 0.5) is 4.79 Å². The van der Waals surface area contributed by atoms with Gasteiger partial charge < -0.3 is 9.84 Å². The van der Waals surface area contributed by atoms with Crippen LogP contribution in [-0.2, 0) is 24.7 Å². The minimum Gasteiger partial charge on any atom is -0.480 e. The quantitative estimate of drug-likeness (QED) is 0.704. The van der Waals surface area contributed by atoms with Crippen molar-refractivity contribution >= 4 is 35.4 Å². The molecule has 1 aromatic rings. The van der Waals surface area contributed by atoms with E-state index in [1.165, 1.54) is 25.8 Å². The molecular formula is C20H25ClN2O6. The SMILES string of the molecule is CC(=O)N(CC(=O)O)C(C)OC(=O)N(C)[C@@]1(c2ccccc2Cl)CCCCC1=O. The zero-order valence-electron chi connectivity index (χ0n) is 16.7. The standard InChI is InChI=1S/C20H25ClN2O6/c1-13(24)23(12-18(26)27)14(2)29-19(28)22(3)20(11-7-6-10-17(20)25)15-8-4-5-9-16(15)21/h4-5,8-9,14H,6-7,10-12H2,1-3H3,(H,26,27)/t14?,20-/m1/s1. The number of ether oxygens (including phenoxy) is 1. The second kappa shape index (κ2) is 9.26. The number of nitrogens with zero attached hydrogens (tertiary/aromatic N) is 2. The van der Waals surface area contributed by atoms with Gasteiger partial charge in [-0.25, -0.2) is 4.79 Å². The van der Waals surface area contributed by atoms with Gasteiger partial charge in [0.15, 0.2) is 12.0 Å². The molecule has 1 aliphatic carbocycles. The molecule has 0 aromatic heterocycles. The van der Waals surface area contributed by atoms with Gasteiger partial charge in [-0.05, 0) is 32.3 Å². The fourth-order valence-corrected chi connectivity index (χ4v) is 4.01. The summed E-state index contributed by atoms with van der Waals surface area (Å²) in [6, 6.07) is 6.86. The van der Waals surface area contributed by atoms with Crippen molar-refractivity contribution in [3.8, 4) is 0 Å². The lowest BCUT2D eigenvalue weighted by atomic mass is 9.74. The van der Waals surface area contributed by atoms with E-state index < -0.39 is 36.3 Å². The summed E-state index contributed by atoms with van der Waals surface area (Å²) < 4.78 is 5.36. The van der Waals surface area contributed by atoms with Crippen molar-refractivity contribution in [3.63, 3.8) is 0 Å². The van der Waals surface area contributed by atoms with Gasteiger partial charge in [-0.1, -0.05) is 29.8 Å². The Morgan fingerprint density at radius 2 is 1.93 bits per heavy atom. The number of hydrogen-bond acceptors (Lipinski definition) is 5. The lowest BCUT2D eigenvalue weighted by Gasteiger charge is -2.43. The maximum absolute atomic E-state index is 13.0. The van der Waals surface area contributed by atoms with Crippen LogP contribution in [0, 0.1) is 0 Å². The summed E-state index contributed by atoms with van der Waals surface area (Å²) in [6.07, 6.45) is 0.173. The molecule has 158 valence electrons. The van der Waals surface area contributed by atoms with Gasteiger partial charge >= 0.3 is 12.1 Å². The number of amides is 2. The normalized spacial score (nSPS) is 19.9. The smallest absolute Gasteiger partial charge is 0.412 e. The number of Topliss-reactive ketones (excluding diaryl/α,β-unsaturated/α-hetero) is 1. The average molecular weight is 425 g/mol. The van der Waals surface area contributed by atoms with E-state index in [9.17, 15) is 19.2 Å². The number of carbonyl (C=O) groups excluding carboxylic acids is 3. The topological polar surface area (TPSA) is 104 Å². The molecule has 0 spiro atoms. The highest BCUT2D eigenvalue weighted by molar-refractivity contribution is 6.31. The molecule has 1 aromatic carbocycles. The molecule has 1 aliphatic rings. The van der Waals surface area contributed by atoms with Crippen LogP contribution in [0.15, 0.2) is 24.3 Å². The van der Waals surface area contributed by atoms with Crippen molar-refractivity contribution in [3.05, 3.63) is 34.9 Å². The number of hydrogen-bond donors (Lipinski definition) is 1. The number of carbonyl (C=O) groups is 4. The monoisotopic (exact) mass is 424 g/mol. The highest BCUT2D eigenvalue weighted by Crippen LogP contribution is 2.42. The lowest BCUT2D eigenvalue weighted by molar-refractivity contribution is -0.151. The minimum atomic E-state index is -1.28. The first kappa shape index (κ1) is 22.7. The highest BCUT2D eigenvalue weighted by Gasteiger charge is 2.49. The van der Waals surface area contributed by atoms with Crippen molar-refractivity contribution in [2.45, 2.75) is 51.3 Å². The molecule has 0 bridgehead atoms. The van der Waals surface area contributed by atoms with Gasteiger partial charge in [0.25, 0.3) is 0 Å². The molecule has 1 N–H and O–H groups in total. The third-order valence-electron chi connectivity index (χ3n) is 5.24. The number of aliphatic carboxylic acids is 1. The van der Waals surface area contributed by atoms with E-state index in [2.05, 4.69) is 0 Å². The van der Waals surface area contributed by atoms with Gasteiger partial charge in [0.1, 0.15) is 12.1 Å². The van der Waals surface area contributed by atoms with Crippen LogP contribution < -0.4 is 0 Å². The zero-order valence-corrected chi connectivity index (χ0v) is 17.4. The summed E-state index contributed by atoms with van der Waals surface area (Å²) in [5.41, 5.74) is -0.756. The number of rotatable bonds is 6. The summed E-state index contributed by atoms with van der Waals surface area (Å²) in [6.45, 7) is 1.98. The Labute approximate surface area is 174 Å². The van der Waals surface area contributed by atoms with Crippen LogP contribution in [0.1, 0.15) is 45.1 Å². The van der Waals surface area contributed by atoms with Gasteiger partial charge in [0.2, 0.25) is 5.91 Å². The number of carboxylic acid groups (broad SMARTS) is 1. The number of ketones is 1. The number of carboxylic acids is 1. The number of likely N-dealkylation sites (N-methyl/N-ethyl adjacent to an activating group) is 1. The summed E-state index contributed by atoms with van der Waals surface area (Å²) in [4.78, 5) is 50.8. The van der Waals surface area contributed by atoms with Crippen LogP contribution in [0.3, 0.4) is 0 Å². The summed E-state index contributed by atoms with van der Waals surface area (Å²) >= 11 is 6.37.